The summed E-state index contributed by atoms with van der Waals surface area (Å²) in [5.41, 5.74) is 1.24. The van der Waals surface area contributed by atoms with Crippen LogP contribution in [0.3, 0.4) is 0 Å². The summed E-state index contributed by atoms with van der Waals surface area (Å²) in [5, 5.41) is -0.993. The average molecular weight is 397 g/mol. The molecule has 1 unspecified atom stereocenters. The van der Waals surface area contributed by atoms with E-state index in [-0.39, 0.29) is 5.56 Å². The van der Waals surface area contributed by atoms with E-state index in [0.29, 0.717) is 17.7 Å². The molecule has 2 rings (SSSR count). The van der Waals surface area contributed by atoms with Crippen molar-refractivity contribution in [2.45, 2.75) is 12.3 Å². The molecule has 0 amide bonds. The third-order valence-corrected chi connectivity index (χ3v) is 4.72. The summed E-state index contributed by atoms with van der Waals surface area (Å²) in [6, 6.07) is 6.62. The molecule has 0 bridgehead atoms. The highest BCUT2D eigenvalue weighted by Crippen LogP contribution is 2.36. The normalized spacial score (nSPS) is 12.5. The fraction of sp³-hybridized carbons (Fsp3) is 0.143. The lowest BCUT2D eigenvalue weighted by molar-refractivity contribution is 0.526. The van der Waals surface area contributed by atoms with Crippen LogP contribution in [0.15, 0.2) is 30.3 Å². The van der Waals surface area contributed by atoms with E-state index in [2.05, 4.69) is 22.6 Å². The summed E-state index contributed by atoms with van der Waals surface area (Å²) in [6.07, 6.45) is 0. The van der Waals surface area contributed by atoms with Crippen molar-refractivity contribution in [3.05, 3.63) is 68.0 Å². The summed E-state index contributed by atoms with van der Waals surface area (Å²) >= 11 is 8.24. The largest absolute Gasteiger partial charge is 0.207 e. The Morgan fingerprint density at radius 2 is 1.68 bits per heavy atom. The Bertz CT molecular complexity index is 605. The van der Waals surface area contributed by atoms with Crippen molar-refractivity contribution in [2.75, 3.05) is 0 Å². The van der Waals surface area contributed by atoms with E-state index < -0.39 is 22.8 Å². The second kappa shape index (κ2) is 5.71. The molecule has 19 heavy (non-hydrogen) atoms. The molecule has 0 radical (unpaired) electrons. The number of rotatable bonds is 2. The zero-order valence-corrected chi connectivity index (χ0v) is 12.8. The van der Waals surface area contributed by atoms with Crippen LogP contribution in [0.4, 0.5) is 13.2 Å². The highest BCUT2D eigenvalue weighted by molar-refractivity contribution is 14.1. The van der Waals surface area contributed by atoms with Gasteiger partial charge in [0.1, 0.15) is 17.5 Å². The monoisotopic (exact) mass is 396 g/mol. The predicted molar refractivity (Wildman–Crippen MR) is 77.9 cm³/mol. The lowest BCUT2D eigenvalue weighted by Crippen LogP contribution is -2.04. The van der Waals surface area contributed by atoms with Crippen LogP contribution in [0.25, 0.3) is 0 Å². The molecule has 100 valence electrons. The number of alkyl halides is 1. The fourth-order valence-corrected chi connectivity index (χ4v) is 3.06. The Labute approximate surface area is 127 Å². The molecule has 0 N–H and O–H groups in total. The Morgan fingerprint density at radius 1 is 1.11 bits per heavy atom. The molecule has 0 fully saturated rings. The minimum Gasteiger partial charge on any atom is -0.207 e. The molecule has 0 aliphatic rings. The van der Waals surface area contributed by atoms with Gasteiger partial charge in [0.2, 0.25) is 0 Å². The van der Waals surface area contributed by atoms with Crippen LogP contribution in [-0.4, -0.2) is 0 Å². The van der Waals surface area contributed by atoms with Crippen molar-refractivity contribution in [3.8, 4) is 0 Å². The molecule has 0 saturated carbocycles. The minimum atomic E-state index is -0.993. The molecule has 0 heterocycles. The lowest BCUT2D eigenvalue weighted by atomic mass is 10.0. The second-order valence-electron chi connectivity index (χ2n) is 4.12. The van der Waals surface area contributed by atoms with Crippen molar-refractivity contribution < 1.29 is 13.2 Å². The first-order valence-corrected chi connectivity index (χ1v) is 6.97. The van der Waals surface area contributed by atoms with Gasteiger partial charge in [-0.1, -0.05) is 18.2 Å². The Kier molecular flexibility index (Phi) is 4.40. The van der Waals surface area contributed by atoms with Crippen LogP contribution in [0.1, 0.15) is 22.1 Å². The molecule has 0 nitrogen and oxygen atoms in total. The topological polar surface area (TPSA) is 0 Å². The zero-order valence-electron chi connectivity index (χ0n) is 9.85. The predicted octanol–water partition coefficient (Wildman–Crippen LogP) is 5.35. The maximum atomic E-state index is 13.7. The maximum absolute atomic E-state index is 13.7. The van der Waals surface area contributed by atoms with Crippen LogP contribution in [-0.2, 0) is 0 Å². The van der Waals surface area contributed by atoms with Gasteiger partial charge < -0.3 is 0 Å². The zero-order chi connectivity index (χ0) is 14.2. The van der Waals surface area contributed by atoms with Crippen LogP contribution in [0, 0.1) is 27.9 Å². The molecular weight excluding hydrogens is 388 g/mol. The van der Waals surface area contributed by atoms with Crippen LogP contribution in [0.2, 0.25) is 0 Å². The summed E-state index contributed by atoms with van der Waals surface area (Å²) < 4.78 is 41.2. The van der Waals surface area contributed by atoms with E-state index in [1.165, 1.54) is 0 Å². The molecule has 1 atom stereocenters. The molecular formula is C14H9ClF3I. The van der Waals surface area contributed by atoms with E-state index >= 15 is 0 Å². The number of hydrogen-bond acceptors (Lipinski definition) is 0. The number of hydrogen-bond donors (Lipinski definition) is 0. The molecule has 0 spiro atoms. The summed E-state index contributed by atoms with van der Waals surface area (Å²) in [7, 11) is 0. The molecule has 2 aromatic carbocycles. The van der Waals surface area contributed by atoms with Crippen molar-refractivity contribution in [1.82, 2.24) is 0 Å². The SMILES string of the molecule is Cc1cccc(C(Cl)c2c(F)cc(F)cc2F)c1I. The van der Waals surface area contributed by atoms with Gasteiger partial charge in [-0.2, -0.15) is 0 Å². The van der Waals surface area contributed by atoms with Crippen LogP contribution in [0.5, 0.6) is 0 Å². The van der Waals surface area contributed by atoms with Crippen molar-refractivity contribution >= 4 is 34.2 Å². The van der Waals surface area contributed by atoms with Crippen LogP contribution < -0.4 is 0 Å². The number of halogens is 5. The van der Waals surface area contributed by atoms with Crippen molar-refractivity contribution in [3.63, 3.8) is 0 Å². The molecule has 0 aliphatic carbocycles. The third kappa shape index (κ3) is 2.89. The van der Waals surface area contributed by atoms with E-state index in [1.807, 2.05) is 13.0 Å². The van der Waals surface area contributed by atoms with E-state index in [0.717, 1.165) is 9.13 Å². The van der Waals surface area contributed by atoms with Gasteiger partial charge in [-0.15, -0.1) is 11.6 Å². The number of aryl methyl sites for hydroxylation is 1. The van der Waals surface area contributed by atoms with Gasteiger partial charge in [0, 0.05) is 21.3 Å². The number of benzene rings is 2. The third-order valence-electron chi connectivity index (χ3n) is 2.79. The van der Waals surface area contributed by atoms with Gasteiger partial charge in [0.15, 0.2) is 0 Å². The first-order chi connectivity index (χ1) is 8.91. The van der Waals surface area contributed by atoms with E-state index in [9.17, 15) is 13.2 Å². The lowest BCUT2D eigenvalue weighted by Gasteiger charge is -2.15. The van der Waals surface area contributed by atoms with Crippen molar-refractivity contribution in [2.24, 2.45) is 0 Å². The quantitative estimate of drug-likeness (QED) is 0.474. The highest BCUT2D eigenvalue weighted by Gasteiger charge is 2.23. The Balaban J connectivity index is 2.56. The fourth-order valence-electron chi connectivity index (χ4n) is 1.82. The molecule has 5 heteroatoms. The summed E-state index contributed by atoms with van der Waals surface area (Å²) in [6.45, 7) is 1.88. The smallest absolute Gasteiger partial charge is 0.134 e. The molecule has 0 saturated heterocycles. The van der Waals surface area contributed by atoms with Gasteiger partial charge in [-0.05, 0) is 40.6 Å². The average Bonchev–Trinajstić information content (AvgIpc) is 2.31. The standard InChI is InChI=1S/C14H9ClF3I/c1-7-3-2-4-9(14(7)19)13(15)12-10(17)5-8(16)6-11(12)18/h2-6,13H,1H3. The Morgan fingerprint density at radius 3 is 2.26 bits per heavy atom. The molecule has 2 aromatic rings. The van der Waals surface area contributed by atoms with Gasteiger partial charge in [0.05, 0.1) is 5.38 Å². The summed E-state index contributed by atoms with van der Waals surface area (Å²) in [5.74, 6) is -2.91. The first kappa shape index (κ1) is 14.7. The van der Waals surface area contributed by atoms with E-state index in [1.54, 1.807) is 12.1 Å². The van der Waals surface area contributed by atoms with E-state index in [4.69, 9.17) is 11.6 Å². The minimum absolute atomic E-state index is 0.327. The van der Waals surface area contributed by atoms with Gasteiger partial charge in [-0.3, -0.25) is 0 Å². The Hall–Kier alpha value is -0.750. The maximum Gasteiger partial charge on any atom is 0.134 e. The molecule has 0 aliphatic heterocycles. The van der Waals surface area contributed by atoms with Gasteiger partial charge >= 0.3 is 0 Å². The summed E-state index contributed by atoms with van der Waals surface area (Å²) in [4.78, 5) is 0. The van der Waals surface area contributed by atoms with Gasteiger partial charge in [0.25, 0.3) is 0 Å². The van der Waals surface area contributed by atoms with Crippen LogP contribution >= 0.6 is 34.2 Å². The first-order valence-electron chi connectivity index (χ1n) is 5.45. The van der Waals surface area contributed by atoms with Crippen molar-refractivity contribution in [1.29, 1.82) is 0 Å². The highest BCUT2D eigenvalue weighted by atomic mass is 127. The molecule has 0 aromatic heterocycles. The van der Waals surface area contributed by atoms with Gasteiger partial charge in [-0.25, -0.2) is 13.2 Å². The second-order valence-corrected chi connectivity index (χ2v) is 5.64.